The third-order valence-electron chi connectivity index (χ3n) is 10.1. The van der Waals surface area contributed by atoms with Crippen LogP contribution in [0.1, 0.15) is 93.2 Å². The molecule has 0 unspecified atom stereocenters. The van der Waals surface area contributed by atoms with Crippen molar-refractivity contribution in [2.24, 2.45) is 17.3 Å². The first kappa shape index (κ1) is 26.9. The summed E-state index contributed by atoms with van der Waals surface area (Å²) in [5, 5.41) is 24.5. The molecule has 2 N–H and O–H groups in total. The molecule has 4 fully saturated rings. The van der Waals surface area contributed by atoms with E-state index < -0.39 is 5.60 Å². The molecule has 1 spiro atoms. The standard InChI is InChI=1S/C34H39N5O4/c1-33(2,42)19-43-24-11-12-28-27(17-35-38(28)18-24)31(40)36-23-15-34(16-23)13-22(14-34)29-25-5-3-4-6-26(25)32(41)39(37-29)30(20-7-8-20)21-9-10-21/h3-6,11-12,17-18,20-23,30,42H,7-10,13-16,19H2,1-2H3,(H,36,40). The summed E-state index contributed by atoms with van der Waals surface area (Å²) >= 11 is 0. The Morgan fingerprint density at radius 2 is 1.77 bits per heavy atom. The molecule has 4 saturated carbocycles. The van der Waals surface area contributed by atoms with Gasteiger partial charge in [-0.15, -0.1) is 0 Å². The van der Waals surface area contributed by atoms with Crippen LogP contribution in [0.15, 0.2) is 53.6 Å². The van der Waals surface area contributed by atoms with Gasteiger partial charge in [-0.05, 0) is 101 Å². The van der Waals surface area contributed by atoms with Gasteiger partial charge < -0.3 is 15.2 Å². The smallest absolute Gasteiger partial charge is 0.274 e. The lowest BCUT2D eigenvalue weighted by Crippen LogP contribution is -2.55. The number of pyridine rings is 1. The maximum absolute atomic E-state index is 13.6. The zero-order valence-corrected chi connectivity index (χ0v) is 24.8. The summed E-state index contributed by atoms with van der Waals surface area (Å²) in [7, 11) is 0. The van der Waals surface area contributed by atoms with E-state index in [0.717, 1.165) is 47.7 Å². The lowest BCUT2D eigenvalue weighted by Gasteiger charge is -2.57. The number of benzene rings is 1. The highest BCUT2D eigenvalue weighted by molar-refractivity contribution is 6.00. The van der Waals surface area contributed by atoms with E-state index in [1.165, 1.54) is 25.7 Å². The normalized spacial score (nSPS) is 25.2. The fourth-order valence-corrected chi connectivity index (χ4v) is 7.74. The summed E-state index contributed by atoms with van der Waals surface area (Å²) in [5.41, 5.74) is 1.74. The van der Waals surface area contributed by atoms with Crippen LogP contribution in [-0.2, 0) is 0 Å². The summed E-state index contributed by atoms with van der Waals surface area (Å²) in [6.45, 7) is 3.54. The summed E-state index contributed by atoms with van der Waals surface area (Å²) in [5.74, 6) is 2.04. The number of carbonyl (C=O) groups is 1. The monoisotopic (exact) mass is 581 g/mol. The van der Waals surface area contributed by atoms with Gasteiger partial charge in [-0.2, -0.15) is 10.2 Å². The van der Waals surface area contributed by atoms with E-state index in [2.05, 4.69) is 16.5 Å². The molecule has 8 rings (SSSR count). The molecule has 224 valence electrons. The minimum absolute atomic E-state index is 0.0779. The van der Waals surface area contributed by atoms with Crippen molar-refractivity contribution in [2.45, 2.75) is 88.8 Å². The van der Waals surface area contributed by atoms with E-state index in [4.69, 9.17) is 9.84 Å². The topological polar surface area (TPSA) is 111 Å². The minimum atomic E-state index is -0.937. The fourth-order valence-electron chi connectivity index (χ4n) is 7.74. The van der Waals surface area contributed by atoms with E-state index in [1.807, 2.05) is 28.9 Å². The second kappa shape index (κ2) is 9.64. The SMILES string of the molecule is CC(C)(O)COc1ccc2c(C(=O)NC3CC4(C3)CC(c3nn(C(C5CC5)C5CC5)c(=O)c5ccccc35)C4)cnn2c1. The van der Waals surface area contributed by atoms with Crippen molar-refractivity contribution in [3.8, 4) is 5.75 Å². The molecule has 0 bridgehead atoms. The molecule has 4 aromatic rings. The van der Waals surface area contributed by atoms with Crippen molar-refractivity contribution in [3.05, 3.63) is 70.4 Å². The lowest BCUT2D eigenvalue weighted by atomic mass is 9.49. The van der Waals surface area contributed by atoms with E-state index in [0.29, 0.717) is 29.1 Å². The van der Waals surface area contributed by atoms with Crippen LogP contribution in [0.5, 0.6) is 5.75 Å². The van der Waals surface area contributed by atoms with E-state index in [-0.39, 0.29) is 35.6 Å². The first-order valence-corrected chi connectivity index (χ1v) is 15.8. The van der Waals surface area contributed by atoms with Crippen LogP contribution in [0.4, 0.5) is 0 Å². The molecular weight excluding hydrogens is 542 g/mol. The van der Waals surface area contributed by atoms with Gasteiger partial charge in [0, 0.05) is 17.3 Å². The maximum Gasteiger partial charge on any atom is 0.274 e. The highest BCUT2D eigenvalue weighted by Gasteiger charge is 2.54. The third-order valence-corrected chi connectivity index (χ3v) is 10.1. The van der Waals surface area contributed by atoms with Crippen LogP contribution in [0, 0.1) is 17.3 Å². The minimum Gasteiger partial charge on any atom is -0.489 e. The van der Waals surface area contributed by atoms with Gasteiger partial charge in [-0.25, -0.2) is 9.20 Å². The fraction of sp³-hybridized carbons (Fsp3) is 0.529. The number of carbonyl (C=O) groups excluding carboxylic acids is 1. The Kier molecular flexibility index (Phi) is 6.03. The molecule has 43 heavy (non-hydrogen) atoms. The van der Waals surface area contributed by atoms with Crippen LogP contribution in [0.25, 0.3) is 16.3 Å². The molecule has 3 heterocycles. The average molecular weight is 582 g/mol. The Balaban J connectivity index is 0.936. The number of amides is 1. The molecule has 0 atom stereocenters. The highest BCUT2D eigenvalue weighted by Crippen LogP contribution is 2.62. The first-order chi connectivity index (χ1) is 20.7. The Bertz CT molecular complexity index is 1770. The summed E-state index contributed by atoms with van der Waals surface area (Å²) in [6, 6.07) is 12.1. The number of ether oxygens (including phenoxy) is 1. The molecular formula is C34H39N5O4. The largest absolute Gasteiger partial charge is 0.489 e. The van der Waals surface area contributed by atoms with Gasteiger partial charge in [0.1, 0.15) is 12.4 Å². The Morgan fingerprint density at radius 1 is 1.07 bits per heavy atom. The molecule has 9 heteroatoms. The average Bonchev–Trinajstić information content (AvgIpc) is 3.88. The third kappa shape index (κ3) is 4.91. The molecule has 1 amide bonds. The van der Waals surface area contributed by atoms with Crippen molar-refractivity contribution in [1.82, 2.24) is 24.7 Å². The number of fused-ring (bicyclic) bond motifs is 2. The van der Waals surface area contributed by atoms with Crippen LogP contribution in [0.2, 0.25) is 0 Å². The summed E-state index contributed by atoms with van der Waals surface area (Å²) in [4.78, 5) is 26.8. The Hall–Kier alpha value is -3.72. The number of nitrogens with zero attached hydrogens (tertiary/aromatic N) is 4. The quantitative estimate of drug-likeness (QED) is 0.288. The second-order valence-corrected chi connectivity index (χ2v) is 14.4. The van der Waals surface area contributed by atoms with E-state index in [1.54, 1.807) is 36.8 Å². The predicted octanol–water partition coefficient (Wildman–Crippen LogP) is 5.01. The van der Waals surface area contributed by atoms with Gasteiger partial charge in [-0.3, -0.25) is 9.59 Å². The second-order valence-electron chi connectivity index (χ2n) is 14.4. The van der Waals surface area contributed by atoms with Crippen molar-refractivity contribution in [3.63, 3.8) is 0 Å². The summed E-state index contributed by atoms with van der Waals surface area (Å²) < 4.78 is 9.19. The van der Waals surface area contributed by atoms with Gasteiger partial charge in [0.2, 0.25) is 0 Å². The highest BCUT2D eigenvalue weighted by atomic mass is 16.5. The van der Waals surface area contributed by atoms with Crippen LogP contribution >= 0.6 is 0 Å². The molecule has 4 aliphatic carbocycles. The lowest BCUT2D eigenvalue weighted by molar-refractivity contribution is -0.0199. The van der Waals surface area contributed by atoms with Crippen molar-refractivity contribution in [1.29, 1.82) is 0 Å². The molecule has 4 aliphatic rings. The molecule has 0 radical (unpaired) electrons. The van der Waals surface area contributed by atoms with Crippen LogP contribution < -0.4 is 15.6 Å². The number of aliphatic hydroxyl groups is 1. The van der Waals surface area contributed by atoms with Crippen molar-refractivity contribution in [2.75, 3.05) is 6.61 Å². The number of aromatic nitrogens is 4. The Morgan fingerprint density at radius 3 is 2.44 bits per heavy atom. The predicted molar refractivity (Wildman–Crippen MR) is 162 cm³/mol. The van der Waals surface area contributed by atoms with Crippen molar-refractivity contribution >= 4 is 22.2 Å². The van der Waals surface area contributed by atoms with E-state index >= 15 is 0 Å². The zero-order valence-electron chi connectivity index (χ0n) is 24.8. The van der Waals surface area contributed by atoms with Crippen LogP contribution in [-0.4, -0.2) is 48.7 Å². The van der Waals surface area contributed by atoms with Crippen LogP contribution in [0.3, 0.4) is 0 Å². The summed E-state index contributed by atoms with van der Waals surface area (Å²) in [6.07, 6.45) is 12.2. The molecule has 0 saturated heterocycles. The van der Waals surface area contributed by atoms with Gasteiger partial charge >= 0.3 is 0 Å². The first-order valence-electron chi connectivity index (χ1n) is 15.8. The molecule has 0 aliphatic heterocycles. The van der Waals surface area contributed by atoms with Gasteiger partial charge in [0.25, 0.3) is 11.5 Å². The van der Waals surface area contributed by atoms with Gasteiger partial charge in [0.15, 0.2) is 0 Å². The number of hydrogen-bond acceptors (Lipinski definition) is 6. The number of nitrogens with one attached hydrogen (secondary N) is 1. The van der Waals surface area contributed by atoms with Crippen molar-refractivity contribution < 1.29 is 14.6 Å². The van der Waals surface area contributed by atoms with E-state index in [9.17, 15) is 14.7 Å². The zero-order chi connectivity index (χ0) is 29.5. The van der Waals surface area contributed by atoms with Gasteiger partial charge in [0.05, 0.1) is 46.2 Å². The molecule has 1 aromatic carbocycles. The maximum atomic E-state index is 13.6. The number of rotatable bonds is 9. The Labute approximate surface area is 250 Å². The molecule has 9 nitrogen and oxygen atoms in total. The number of hydrogen-bond donors (Lipinski definition) is 2. The molecule has 3 aromatic heterocycles. The van der Waals surface area contributed by atoms with Gasteiger partial charge in [-0.1, -0.05) is 18.2 Å².